The number of anilines is 4. The lowest BCUT2D eigenvalue weighted by Crippen LogP contribution is -2.41. The van der Waals surface area contributed by atoms with Gasteiger partial charge in [-0.1, -0.05) is 138 Å². The fourth-order valence-electron chi connectivity index (χ4n) is 11.6. The van der Waals surface area contributed by atoms with Crippen molar-refractivity contribution >= 4 is 248 Å². The maximum atomic E-state index is 12.7. The molecule has 13 aromatic rings. The number of carboxylic acids is 1. The van der Waals surface area contributed by atoms with Gasteiger partial charge in [0.2, 0.25) is 18.6 Å². The zero-order chi connectivity index (χ0) is 106. The summed E-state index contributed by atoms with van der Waals surface area (Å²) in [5.41, 5.74) is 6.26. The van der Waals surface area contributed by atoms with Gasteiger partial charge in [-0.05, 0) is 222 Å². The molecule has 13 heterocycles. The third-order valence-electron chi connectivity index (χ3n) is 18.9. The number of hydrogen-bond acceptors (Lipinski definition) is 23. The van der Waals surface area contributed by atoms with Crippen molar-refractivity contribution in [1.82, 2.24) is 39.4 Å². The molecule has 1 aliphatic rings. The molecule has 1 saturated heterocycles. The topological polar surface area (TPSA) is 450 Å². The molecular formula is C90H99BBr2Cl13N18O17+5. The van der Waals surface area contributed by atoms with Gasteiger partial charge in [-0.15, -0.1) is 0 Å². The van der Waals surface area contributed by atoms with E-state index in [2.05, 4.69) is 83.4 Å². The summed E-state index contributed by atoms with van der Waals surface area (Å²) in [5.74, 6) is 0.381. The number of aromatic amines is 2. The highest BCUT2D eigenvalue weighted by atomic mass is 79.9. The Morgan fingerprint density at radius 3 is 1.41 bits per heavy atom. The molecule has 1 aromatic carbocycles. The third kappa shape index (κ3) is 36.8. The van der Waals surface area contributed by atoms with Crippen LogP contribution in [0.4, 0.5) is 29.0 Å². The number of methoxy groups -OCH3 is 2. The van der Waals surface area contributed by atoms with Gasteiger partial charge in [0.1, 0.15) is 55.7 Å². The van der Waals surface area contributed by atoms with Crippen LogP contribution in [0.2, 0.25) is 65.8 Å². The molecule has 14 N–H and O–H groups in total. The number of amides is 1. The van der Waals surface area contributed by atoms with Gasteiger partial charge in [-0.3, -0.25) is 41.2 Å². The lowest BCUT2D eigenvalue weighted by atomic mass is 9.81. The molecule has 1 fully saturated rings. The van der Waals surface area contributed by atoms with Gasteiger partial charge < -0.3 is 74.5 Å². The van der Waals surface area contributed by atoms with Crippen molar-refractivity contribution in [2.24, 2.45) is 14.1 Å². The van der Waals surface area contributed by atoms with Crippen LogP contribution in [0.25, 0.3) is 33.4 Å². The molecule has 1 atom stereocenters. The average molecular weight is 2340 g/mol. The summed E-state index contributed by atoms with van der Waals surface area (Å²) in [6.07, 6.45) is 18.0. The summed E-state index contributed by atoms with van der Waals surface area (Å²) in [5, 5.41) is 94.5. The first-order valence-corrected chi connectivity index (χ1v) is 47.9. The van der Waals surface area contributed by atoms with Crippen molar-refractivity contribution in [3.05, 3.63) is 297 Å². The SMILES string of the molecule is CC(C)Nc1cc(-c2c[nH]c(C(=O)NC(CO)c3cccc(Cl)c3)c2)c(Cl)cn1.CC(C)Nc1cc(-c2c[nH]c(C(=O)O)c2)c(Cl)cn1.CC(C)Nc1cc(Br)c(Cl)c[n+]1O.COC(=O)c1cc(-c2cc(NC(C)C)[n+](O)cc2Cl)cn1C.COC(=O)c1cc(B2OC(C)(C)C(C)(C)O2)cn1C.Clc1ccc(Cl)nc1.O=[N+]([O-])c1cc(Cl)[n+](O)cc1Cl.O[n+]1cc(Cl)c(Br)cc1Cl.O[n+]1cc(Cl)ccc1Cl. The Bertz CT molecular complexity index is 6400. The molecule has 35 nitrogen and oxygen atoms in total. The van der Waals surface area contributed by atoms with E-state index in [1.165, 1.54) is 57.3 Å². The number of nitrogens with one attached hydrogen (secondary N) is 7. The molecule has 0 saturated carbocycles. The number of pyridine rings is 8. The predicted molar refractivity (Wildman–Crippen MR) is 553 cm³/mol. The van der Waals surface area contributed by atoms with Crippen LogP contribution in [-0.2, 0) is 32.9 Å². The standard InChI is InChI=1S/C21H22Cl2N4O2.C15H18ClN3O3.C13H20BNO4.C13H14ClN3O2.C8H10BrClN2O.C5H3BrCl2NO.C5H3Cl2N2O3.C5H4Cl2NO.C5H3Cl2N/c1-12(2)26-20-8-16(17(23)10-25-20)14-7-18(24-9-14)21(29)27-19(11-28)13-4-3-5-15(22)6-13;1-9(2)17-14-6-11(12(16)8-19(14)21)10-5-13(15(20)22-4)18(3)7-10;1-12(2)13(3,4)19-14(18-12)9-7-10(11(16)17-6)15(5)8-9;1-7(2)17-12-4-9(10(14)6-16-12)8-3-11(13(18)19)15-5-8;1-5(2)11-8-3-6(9)7(10)4-12(8)13;6-3-1-5(8)9(10)2-4(3)7;6-3-2-8(10)5(7)1-4(3)9(11)12;6-4-1-2-5(7)8(9)3-4;6-4-1-2-5(7)8-3-4/h3-10,12,19,24,28H,11H2,1-2H3,(H,25,26)(H,27,29);5-9,21H,1-4H3;7-8H,1-6H3;3-7,15H,1-2H3,(H,16,17)(H,18,19);3-5,13H,1-2H3;1-2,10H;1-2,10H;1-3,9H;1-3H/q;;;;;3*+1;/p+2. The molecule has 1 aliphatic heterocycles. The summed E-state index contributed by atoms with van der Waals surface area (Å²) < 4.78 is 30.1. The molecule has 141 heavy (non-hydrogen) atoms. The van der Waals surface area contributed by atoms with Gasteiger partial charge in [-0.25, -0.2) is 29.3 Å². The minimum atomic E-state index is -1.00. The average Bonchev–Trinajstić information content (AvgIpc) is 1.61. The molecule has 754 valence electrons. The normalized spacial score (nSPS) is 12.0. The van der Waals surface area contributed by atoms with Crippen molar-refractivity contribution in [2.75, 3.05) is 42.1 Å². The summed E-state index contributed by atoms with van der Waals surface area (Å²) >= 11 is 80.6. The summed E-state index contributed by atoms with van der Waals surface area (Å²) in [7, 11) is 5.79. The van der Waals surface area contributed by atoms with Gasteiger partial charge in [0.25, 0.3) is 5.91 Å². The summed E-state index contributed by atoms with van der Waals surface area (Å²) in [6, 6.07) is 30.0. The van der Waals surface area contributed by atoms with Gasteiger partial charge in [0.05, 0.1) is 84.7 Å². The summed E-state index contributed by atoms with van der Waals surface area (Å²) in [6.45, 7) is 23.7. The number of aliphatic hydroxyl groups is 1. The van der Waals surface area contributed by atoms with E-state index in [0.29, 0.717) is 100 Å². The molecule has 1 amide bonds. The number of aromatic nitrogens is 12. The minimum Gasteiger partial charge on any atom is -0.477 e. The van der Waals surface area contributed by atoms with Crippen molar-refractivity contribution in [2.45, 2.75) is 124 Å². The quantitative estimate of drug-likeness (QED) is 0.00641. The largest absolute Gasteiger partial charge is 0.496 e. The zero-order valence-corrected chi connectivity index (χ0v) is 90.8. The number of aromatic carboxylic acids is 1. The number of hydrogen-bond donors (Lipinski definition) is 14. The smallest absolute Gasteiger partial charge is 0.477 e. The number of aryl methyl sites for hydroxylation is 2. The number of esters is 2. The van der Waals surface area contributed by atoms with E-state index in [1.807, 2.05) is 95.3 Å². The first kappa shape index (κ1) is 119. The monoisotopic (exact) mass is 2330 g/mol. The van der Waals surface area contributed by atoms with Crippen LogP contribution in [0, 0.1) is 10.1 Å². The predicted octanol–water partition coefficient (Wildman–Crippen LogP) is 21.6. The Morgan fingerprint density at radius 2 is 0.957 bits per heavy atom. The van der Waals surface area contributed by atoms with Crippen LogP contribution in [0.3, 0.4) is 0 Å². The fourth-order valence-corrected chi connectivity index (χ4v) is 14.5. The lowest BCUT2D eigenvalue weighted by Gasteiger charge is -2.32. The van der Waals surface area contributed by atoms with E-state index < -0.39 is 30.0 Å². The Balaban J connectivity index is 0.000000250. The first-order chi connectivity index (χ1) is 66.0. The second-order valence-electron chi connectivity index (χ2n) is 31.9. The highest BCUT2D eigenvalue weighted by molar-refractivity contribution is 9.11. The number of carboxylic acid groups (broad SMARTS) is 1. The van der Waals surface area contributed by atoms with Crippen molar-refractivity contribution < 1.29 is 103 Å². The number of halogens is 15. The van der Waals surface area contributed by atoms with Crippen LogP contribution in [0.1, 0.15) is 137 Å². The van der Waals surface area contributed by atoms with Gasteiger partial charge in [0.15, 0.2) is 17.4 Å². The van der Waals surface area contributed by atoms with Crippen LogP contribution >= 0.6 is 183 Å². The maximum Gasteiger partial charge on any atom is 0.496 e. The second-order valence-corrected chi connectivity index (χ2v) is 38.9. The number of benzene rings is 1. The number of H-pyrrole nitrogens is 2. The molecule has 51 heteroatoms. The van der Waals surface area contributed by atoms with Gasteiger partial charge in [0, 0.05) is 156 Å². The van der Waals surface area contributed by atoms with Crippen molar-refractivity contribution in [1.29, 1.82) is 0 Å². The molecule has 14 rings (SSSR count). The number of carbonyl (C=O) groups excluding carboxylic acids is 3. The van der Waals surface area contributed by atoms with E-state index in [-0.39, 0.29) is 85.7 Å². The Hall–Kier alpha value is -10.3. The van der Waals surface area contributed by atoms with Crippen LogP contribution in [0.15, 0.2) is 193 Å². The maximum absolute atomic E-state index is 12.7. The first-order valence-electron chi connectivity index (χ1n) is 41.4. The van der Waals surface area contributed by atoms with E-state index in [4.69, 9.17) is 190 Å². The van der Waals surface area contributed by atoms with Crippen LogP contribution in [0.5, 0.6) is 0 Å². The molecular weight excluding hydrogens is 2240 g/mol. The van der Waals surface area contributed by atoms with E-state index in [1.54, 1.807) is 139 Å². The highest BCUT2D eigenvalue weighted by Gasteiger charge is 2.52. The number of ether oxygens (including phenoxy) is 2. The van der Waals surface area contributed by atoms with E-state index in [9.17, 15) is 44.8 Å². The number of aliphatic hydroxyl groups excluding tert-OH is 1. The van der Waals surface area contributed by atoms with E-state index >= 15 is 0 Å². The Kier molecular flexibility index (Phi) is 47.0. The second kappa shape index (κ2) is 55.5. The third-order valence-corrected chi connectivity index (χ3v) is 24.3. The van der Waals surface area contributed by atoms with Crippen molar-refractivity contribution in [3.63, 3.8) is 0 Å². The lowest BCUT2D eigenvalue weighted by molar-refractivity contribution is -0.903. The zero-order valence-electron chi connectivity index (χ0n) is 77.8. The molecule has 0 aliphatic carbocycles. The van der Waals surface area contributed by atoms with Gasteiger partial charge >= 0.3 is 57.8 Å². The Labute approximate surface area is 893 Å². The van der Waals surface area contributed by atoms with Crippen molar-refractivity contribution in [3.8, 4) is 33.4 Å². The number of nitrogens with zero attached hydrogens (tertiary/aromatic N) is 11. The number of rotatable bonds is 20. The molecule has 0 bridgehead atoms. The van der Waals surface area contributed by atoms with E-state index in [0.717, 1.165) is 74.5 Å². The highest BCUT2D eigenvalue weighted by Crippen LogP contribution is 2.38. The molecule has 0 spiro atoms. The minimum absolute atomic E-state index is 0.126. The van der Waals surface area contributed by atoms with Gasteiger partial charge in [-0.2, -0.15) is 0 Å². The number of carbonyl (C=O) groups is 4. The number of nitro groups is 1. The fraction of sp³-hybridized carbons (Fsp3) is 0.267. The van der Waals surface area contributed by atoms with Crippen LogP contribution in [-0.4, -0.2) is 162 Å². The molecule has 0 radical (unpaired) electrons. The Morgan fingerprint density at radius 1 is 0.504 bits per heavy atom. The summed E-state index contributed by atoms with van der Waals surface area (Å²) in [4.78, 5) is 74.2. The van der Waals surface area contributed by atoms with Crippen LogP contribution < -0.4 is 55.7 Å². The molecule has 1 unspecified atom stereocenters. The molecule has 12 aromatic heterocycles.